The molecule has 0 heterocycles. The fourth-order valence-corrected chi connectivity index (χ4v) is 1.01. The maximum Gasteiger partial charge on any atom is 0.0738 e. The van der Waals surface area contributed by atoms with E-state index in [0.29, 0.717) is 0 Å². The van der Waals surface area contributed by atoms with Crippen LogP contribution in [0.2, 0.25) is 5.31 Å². The highest BCUT2D eigenvalue weighted by atomic mass is 14.1. The first-order chi connectivity index (χ1) is 4.56. The van der Waals surface area contributed by atoms with E-state index < -0.39 is 0 Å². The van der Waals surface area contributed by atoms with Crippen molar-refractivity contribution in [1.82, 2.24) is 0 Å². The first-order valence-corrected chi connectivity index (χ1v) is 4.35. The van der Waals surface area contributed by atoms with Gasteiger partial charge in [-0.05, 0) is 0 Å². The minimum atomic E-state index is 0.0493. The molecule has 0 aliphatic carbocycles. The summed E-state index contributed by atoms with van der Waals surface area (Å²) >= 11 is 0. The molecule has 10 heavy (non-hydrogen) atoms. The zero-order valence-corrected chi connectivity index (χ0v) is 7.61. The van der Waals surface area contributed by atoms with Crippen molar-refractivity contribution in [3.8, 4) is 0 Å². The predicted octanol–water partition coefficient (Wildman–Crippen LogP) is 3.32. The second-order valence-electron chi connectivity index (χ2n) is 3.80. The average molecular weight is 138 g/mol. The van der Waals surface area contributed by atoms with E-state index in [1.54, 1.807) is 0 Å². The molecule has 0 aromatic rings. The summed E-state index contributed by atoms with van der Waals surface area (Å²) in [7, 11) is 5.82. The molecule has 2 radical (unpaired) electrons. The summed E-state index contributed by atoms with van der Waals surface area (Å²) in [5, 5.41) is 0.0493. The Bertz CT molecular complexity index is 71.3. The minimum absolute atomic E-state index is 0.0493. The van der Waals surface area contributed by atoms with E-state index in [1.165, 1.54) is 25.7 Å². The Morgan fingerprint density at radius 1 is 1.10 bits per heavy atom. The van der Waals surface area contributed by atoms with Gasteiger partial charge in [-0.2, -0.15) is 0 Å². The summed E-state index contributed by atoms with van der Waals surface area (Å²) in [6.07, 6.45) is 6.46. The number of hydrogen-bond donors (Lipinski definition) is 0. The molecule has 0 saturated heterocycles. The lowest BCUT2D eigenvalue weighted by Gasteiger charge is -2.17. The highest BCUT2D eigenvalue weighted by Crippen LogP contribution is 2.26. The molecule has 0 N–H and O–H groups in total. The van der Waals surface area contributed by atoms with Crippen LogP contribution in [0.25, 0.3) is 0 Å². The molecule has 0 unspecified atom stereocenters. The summed E-state index contributed by atoms with van der Waals surface area (Å²) in [4.78, 5) is 0. The average Bonchev–Trinajstić information content (AvgIpc) is 1.78. The standard InChI is InChI=1S/C9H19B/c1-4-5-6-7-8-9(2,3)10/h4-8H2,1-3H3. The van der Waals surface area contributed by atoms with Crippen molar-refractivity contribution < 1.29 is 0 Å². The van der Waals surface area contributed by atoms with Crippen LogP contribution in [0.5, 0.6) is 0 Å². The molecule has 0 rings (SSSR count). The Kier molecular flexibility index (Phi) is 4.85. The summed E-state index contributed by atoms with van der Waals surface area (Å²) in [6.45, 7) is 6.42. The summed E-state index contributed by atoms with van der Waals surface area (Å²) in [5.41, 5.74) is 0. The molecule has 0 aliphatic heterocycles. The summed E-state index contributed by atoms with van der Waals surface area (Å²) < 4.78 is 0. The molecule has 0 bridgehead atoms. The van der Waals surface area contributed by atoms with Gasteiger partial charge in [0.2, 0.25) is 0 Å². The van der Waals surface area contributed by atoms with E-state index >= 15 is 0 Å². The summed E-state index contributed by atoms with van der Waals surface area (Å²) in [6, 6.07) is 0. The molecule has 0 amide bonds. The lowest BCUT2D eigenvalue weighted by Crippen LogP contribution is -2.01. The number of rotatable bonds is 5. The first-order valence-electron chi connectivity index (χ1n) is 4.35. The van der Waals surface area contributed by atoms with Gasteiger partial charge in [-0.1, -0.05) is 58.2 Å². The van der Waals surface area contributed by atoms with Crippen LogP contribution in [-0.2, 0) is 0 Å². The monoisotopic (exact) mass is 138 g/mol. The van der Waals surface area contributed by atoms with E-state index in [-0.39, 0.29) is 5.31 Å². The van der Waals surface area contributed by atoms with Gasteiger partial charge in [-0.3, -0.25) is 0 Å². The quantitative estimate of drug-likeness (QED) is 0.403. The molecular weight excluding hydrogens is 119 g/mol. The van der Waals surface area contributed by atoms with Crippen LogP contribution in [-0.4, -0.2) is 7.85 Å². The van der Waals surface area contributed by atoms with Gasteiger partial charge < -0.3 is 0 Å². The van der Waals surface area contributed by atoms with Crippen molar-refractivity contribution in [3.05, 3.63) is 0 Å². The third-order valence-corrected chi connectivity index (χ3v) is 1.67. The molecule has 0 nitrogen and oxygen atoms in total. The van der Waals surface area contributed by atoms with Gasteiger partial charge in [0.25, 0.3) is 0 Å². The van der Waals surface area contributed by atoms with E-state index in [1.807, 2.05) is 0 Å². The Labute approximate surface area is 66.8 Å². The van der Waals surface area contributed by atoms with Crippen molar-refractivity contribution >= 4 is 7.85 Å². The second kappa shape index (κ2) is 4.82. The molecular formula is C9H19B. The number of hydrogen-bond acceptors (Lipinski definition) is 0. The molecule has 0 fully saturated rings. The zero-order chi connectivity index (χ0) is 8.04. The lowest BCUT2D eigenvalue weighted by atomic mass is 9.69. The van der Waals surface area contributed by atoms with Crippen molar-refractivity contribution in [1.29, 1.82) is 0 Å². The Hall–Kier alpha value is 0.0649. The van der Waals surface area contributed by atoms with E-state index in [9.17, 15) is 0 Å². The molecule has 1 heteroatoms. The Balaban J connectivity index is 3.04. The molecule has 0 spiro atoms. The Morgan fingerprint density at radius 2 is 1.70 bits per heavy atom. The lowest BCUT2D eigenvalue weighted by molar-refractivity contribution is 0.542. The van der Waals surface area contributed by atoms with Crippen LogP contribution in [0.1, 0.15) is 52.9 Å². The Morgan fingerprint density at radius 3 is 2.10 bits per heavy atom. The van der Waals surface area contributed by atoms with E-state index in [0.717, 1.165) is 6.42 Å². The third-order valence-electron chi connectivity index (χ3n) is 1.67. The topological polar surface area (TPSA) is 0 Å². The van der Waals surface area contributed by atoms with Crippen molar-refractivity contribution in [2.24, 2.45) is 0 Å². The van der Waals surface area contributed by atoms with Crippen molar-refractivity contribution in [2.45, 2.75) is 58.2 Å². The third kappa shape index (κ3) is 8.06. The van der Waals surface area contributed by atoms with Gasteiger partial charge in [0.05, 0.1) is 7.85 Å². The second-order valence-corrected chi connectivity index (χ2v) is 3.80. The summed E-state index contributed by atoms with van der Waals surface area (Å²) in [5.74, 6) is 0. The van der Waals surface area contributed by atoms with Crippen LogP contribution >= 0.6 is 0 Å². The van der Waals surface area contributed by atoms with Gasteiger partial charge in [0.1, 0.15) is 0 Å². The smallest absolute Gasteiger partial charge is 0.0716 e. The maximum atomic E-state index is 5.82. The largest absolute Gasteiger partial charge is 0.0738 e. The van der Waals surface area contributed by atoms with Gasteiger partial charge in [-0.15, -0.1) is 0 Å². The molecule has 0 saturated carbocycles. The van der Waals surface area contributed by atoms with Crippen molar-refractivity contribution in [2.75, 3.05) is 0 Å². The zero-order valence-electron chi connectivity index (χ0n) is 7.61. The maximum absolute atomic E-state index is 5.82. The first kappa shape index (κ1) is 10.1. The SMILES string of the molecule is [B]C(C)(C)CCCCCC. The van der Waals surface area contributed by atoms with Gasteiger partial charge >= 0.3 is 0 Å². The fourth-order valence-electron chi connectivity index (χ4n) is 1.01. The van der Waals surface area contributed by atoms with Gasteiger partial charge in [-0.25, -0.2) is 0 Å². The molecule has 58 valence electrons. The molecule has 0 aromatic carbocycles. The number of unbranched alkanes of at least 4 members (excludes halogenated alkanes) is 3. The fraction of sp³-hybridized carbons (Fsp3) is 1.00. The van der Waals surface area contributed by atoms with Crippen LogP contribution in [0.4, 0.5) is 0 Å². The van der Waals surface area contributed by atoms with Gasteiger partial charge in [0.15, 0.2) is 0 Å². The van der Waals surface area contributed by atoms with Gasteiger partial charge in [0, 0.05) is 0 Å². The van der Waals surface area contributed by atoms with Crippen LogP contribution < -0.4 is 0 Å². The predicted molar refractivity (Wildman–Crippen MR) is 48.6 cm³/mol. The van der Waals surface area contributed by atoms with Crippen molar-refractivity contribution in [3.63, 3.8) is 0 Å². The van der Waals surface area contributed by atoms with Crippen LogP contribution in [0, 0.1) is 0 Å². The van der Waals surface area contributed by atoms with Crippen LogP contribution in [0.3, 0.4) is 0 Å². The van der Waals surface area contributed by atoms with E-state index in [4.69, 9.17) is 7.85 Å². The molecule has 0 atom stereocenters. The highest BCUT2D eigenvalue weighted by molar-refractivity contribution is 6.14. The highest BCUT2D eigenvalue weighted by Gasteiger charge is 2.07. The molecule has 0 aliphatic rings. The van der Waals surface area contributed by atoms with Crippen LogP contribution in [0.15, 0.2) is 0 Å². The van der Waals surface area contributed by atoms with E-state index in [2.05, 4.69) is 20.8 Å². The molecule has 0 aromatic heterocycles. The normalized spacial score (nSPS) is 11.9. The minimum Gasteiger partial charge on any atom is -0.0716 e.